The Morgan fingerprint density at radius 1 is 0.560 bits per heavy atom. The van der Waals surface area contributed by atoms with E-state index in [1.807, 2.05) is 24.3 Å². The van der Waals surface area contributed by atoms with Crippen LogP contribution in [0.25, 0.3) is 15.7 Å². The number of nitrogens with one attached hydrogen (secondary N) is 7. The number of likely N-dealkylation sites (tertiary alicyclic amines) is 1. The highest BCUT2D eigenvalue weighted by atomic mass is 79.9. The van der Waals surface area contributed by atoms with E-state index in [0.29, 0.717) is 131 Å². The van der Waals surface area contributed by atoms with Crippen LogP contribution in [-0.4, -0.2) is 352 Å². The predicted molar refractivity (Wildman–Crippen MR) is 452 cm³/mol. The van der Waals surface area contributed by atoms with Crippen LogP contribution in [0.1, 0.15) is 137 Å². The number of unbranched alkanes of at least 4 members (excludes halogenated alkanes) is 4. The smallest absolute Gasteiger partial charge is 0.326 e. The number of ether oxygens (including phenoxy) is 4. The summed E-state index contributed by atoms with van der Waals surface area (Å²) in [4.78, 5) is 194. The second kappa shape index (κ2) is 58.1. The number of halogens is 1. The van der Waals surface area contributed by atoms with Crippen LogP contribution in [-0.2, 0) is 91.3 Å². The van der Waals surface area contributed by atoms with Crippen LogP contribution in [0.4, 0.5) is 4.79 Å². The summed E-state index contributed by atoms with van der Waals surface area (Å²) in [5.74, 6) is -9.25. The second-order valence-corrected chi connectivity index (χ2v) is 31.0. The number of carbonyl (C=O) groups is 14. The average molecular weight is 1820 g/mol. The van der Waals surface area contributed by atoms with Crippen LogP contribution in [0.3, 0.4) is 0 Å². The first-order valence-corrected chi connectivity index (χ1v) is 42.9. The van der Waals surface area contributed by atoms with E-state index in [1.165, 1.54) is 11.1 Å². The van der Waals surface area contributed by atoms with Crippen molar-refractivity contribution in [2.75, 3.05) is 164 Å². The lowest BCUT2D eigenvalue weighted by atomic mass is 10.1. The Morgan fingerprint density at radius 3 is 1.82 bits per heavy atom. The number of nitrogens with zero attached hydrogens (tertiary/aromatic N) is 11. The number of aromatic nitrogens is 4. The van der Waals surface area contributed by atoms with Gasteiger partial charge in [-0.05, 0) is 119 Å². The zero-order chi connectivity index (χ0) is 90.7. The standard InChI is InChI=1S/C82H119BrN18O24/c1-84-68-12-9-34-101(68)73(106)52-90-78(115)62-26-32-85-64-20-19-61(51-63(62)64)125-44-10-31-87-69(102)23-18-60-54-100(94-93-60)43-46-123-48-50-124-49-47-122-45-27-71(104)91-65(79(116)88-29-7-4-13-72(105)99(53-58-14-16-59(83)17-15-58)33-8-2-5-30-89-82(121)92-66(80(117)118)21-25-74(107)108)11-3-6-28-86-70(103)24-22-67(81(119)120)98-41-39-96(56-76(111)112)37-35-95(55-75(109)110)36-38-97(40-42-98)57-77(113)114/h14-17,19-20,26,32,51,54,65-68H,2-13,18,21-25,27-31,33-50,52-53,55-57H2,(H,86,103)(H,87,102)(H,88,116)(H,90,115)(H,91,104)(H,107,108)(H,109,110)(H,111,112)(H,113,114)(H,117,118)(H,119,120)(H2,89,92,121)/t65-,66-,67?,68-/m0/s1. The number of hydrogen-bond acceptors (Lipinski definition) is 25. The minimum absolute atomic E-state index is 0.00819. The van der Waals surface area contributed by atoms with Crippen molar-refractivity contribution in [1.29, 1.82) is 0 Å². The Hall–Kier alpha value is -11.1. The van der Waals surface area contributed by atoms with E-state index < -0.39 is 109 Å². The lowest BCUT2D eigenvalue weighted by molar-refractivity contribution is -0.145. The van der Waals surface area contributed by atoms with Crippen LogP contribution in [0.2, 0.25) is 0 Å². The van der Waals surface area contributed by atoms with E-state index >= 15 is 0 Å². The van der Waals surface area contributed by atoms with Crippen molar-refractivity contribution >= 4 is 110 Å². The maximum absolute atomic E-state index is 13.9. The summed E-state index contributed by atoms with van der Waals surface area (Å²) in [6.45, 7) is 10.4. The lowest BCUT2D eigenvalue weighted by Gasteiger charge is -2.35. The number of aliphatic carboxylic acids is 6. The summed E-state index contributed by atoms with van der Waals surface area (Å²) in [6.07, 6.45) is 7.34. The third kappa shape index (κ3) is 41.9. The molecule has 2 aromatic heterocycles. The topological polar surface area (TPSA) is 549 Å². The normalized spacial score (nSPS) is 15.0. The molecule has 4 aromatic rings. The van der Waals surface area contributed by atoms with Gasteiger partial charge in [-0.2, -0.15) is 0 Å². The molecular formula is C82H119BrN18O24. The summed E-state index contributed by atoms with van der Waals surface area (Å²) in [5.41, 5.74) is 2.39. The molecule has 43 heteroatoms. The molecule has 2 fully saturated rings. The molecule has 2 aromatic carbocycles. The lowest BCUT2D eigenvalue weighted by Crippen LogP contribution is -2.52. The molecule has 4 atom stereocenters. The molecule has 42 nitrogen and oxygen atoms in total. The first-order chi connectivity index (χ1) is 60.1. The highest BCUT2D eigenvalue weighted by Gasteiger charge is 2.34. The molecule has 2 aliphatic rings. The molecule has 0 spiro atoms. The van der Waals surface area contributed by atoms with E-state index in [9.17, 15) is 92.7 Å². The zero-order valence-electron chi connectivity index (χ0n) is 70.4. The molecule has 2 aliphatic heterocycles. The number of carbonyl (C=O) groups excluding carboxylic acids is 8. The van der Waals surface area contributed by atoms with Gasteiger partial charge >= 0.3 is 48.0 Å². The Bertz CT molecular complexity index is 4150. The number of hydrogen-bond donors (Lipinski definition) is 13. The Balaban J connectivity index is 0.906. The SMILES string of the molecule is [C-]#[N+][C@@H]1CCCN1C(=O)CNC(=O)c1ccnc2ccc(OCCCNC(=O)CCc3cn(CCOCCOCCOCCC(=O)N[C@@H](CCCCNC(=O)CCC(C(=O)O)N4CCN(CC(=O)O)CCN(CC(=O)O)CCN(CC(=O)O)CC4)C(=O)NCCCCC(=O)N(CCCCCNC(=O)N[C@@H](CCC(=O)O)C(=O)O)Cc4ccc(Br)cc4)nn3)cc12. The van der Waals surface area contributed by atoms with Gasteiger partial charge < -0.3 is 91.7 Å². The summed E-state index contributed by atoms with van der Waals surface area (Å²) >= 11 is 3.44. The minimum Gasteiger partial charge on any atom is -0.494 e. The molecule has 0 bridgehead atoms. The van der Waals surface area contributed by atoms with E-state index in [-0.39, 0.29) is 187 Å². The average Bonchev–Trinajstić information content (AvgIpc) is 1.05. The van der Waals surface area contributed by atoms with Gasteiger partial charge in [-0.1, -0.05) is 33.3 Å². The van der Waals surface area contributed by atoms with E-state index in [2.05, 4.69) is 73.3 Å². The molecule has 0 saturated carbocycles. The van der Waals surface area contributed by atoms with Crippen molar-refractivity contribution in [3.8, 4) is 5.75 Å². The molecule has 688 valence electrons. The van der Waals surface area contributed by atoms with Crippen LogP contribution in [0.15, 0.2) is 65.4 Å². The van der Waals surface area contributed by atoms with Gasteiger partial charge in [0.25, 0.3) is 5.91 Å². The number of urea groups is 1. The van der Waals surface area contributed by atoms with Crippen molar-refractivity contribution in [3.63, 3.8) is 0 Å². The molecular weight excluding hydrogens is 1700 g/mol. The zero-order valence-corrected chi connectivity index (χ0v) is 72.0. The quantitative estimate of drug-likeness (QED) is 0.0221. The molecule has 13 N–H and O–H groups in total. The first kappa shape index (κ1) is 103. The summed E-state index contributed by atoms with van der Waals surface area (Å²) < 4.78 is 25.4. The fourth-order valence-electron chi connectivity index (χ4n) is 13.7. The number of amides is 9. The van der Waals surface area contributed by atoms with E-state index in [4.69, 9.17) is 30.6 Å². The Kier molecular flexibility index (Phi) is 47.7. The monoisotopic (exact) mass is 1820 g/mol. The van der Waals surface area contributed by atoms with Crippen molar-refractivity contribution in [3.05, 3.63) is 93.6 Å². The number of benzene rings is 2. The fraction of sp³-hybridized carbons (Fsp3) is 0.610. The number of rotatable bonds is 59. The molecule has 2 saturated heterocycles. The van der Waals surface area contributed by atoms with Crippen LogP contribution in [0, 0.1) is 6.57 Å². The molecule has 1 unspecified atom stereocenters. The summed E-state index contributed by atoms with van der Waals surface area (Å²) in [7, 11) is 0. The Labute approximate surface area is 732 Å². The van der Waals surface area contributed by atoms with E-state index in [1.54, 1.807) is 59.6 Å². The van der Waals surface area contributed by atoms with Crippen molar-refractivity contribution in [2.45, 2.75) is 159 Å². The van der Waals surface area contributed by atoms with Gasteiger partial charge in [0.05, 0.1) is 95.7 Å². The van der Waals surface area contributed by atoms with Gasteiger partial charge in [0, 0.05) is 165 Å². The third-order valence-electron chi connectivity index (χ3n) is 20.4. The molecule has 0 radical (unpaired) electrons. The van der Waals surface area contributed by atoms with Gasteiger partial charge in [-0.3, -0.25) is 91.9 Å². The molecule has 6 rings (SSSR count). The maximum atomic E-state index is 13.9. The third-order valence-corrected chi connectivity index (χ3v) is 21.0. The number of carboxylic acid groups (broad SMARTS) is 6. The maximum Gasteiger partial charge on any atom is 0.326 e. The van der Waals surface area contributed by atoms with Gasteiger partial charge in [0.15, 0.2) is 0 Å². The van der Waals surface area contributed by atoms with Crippen molar-refractivity contribution < 1.29 is 117 Å². The fourth-order valence-corrected chi connectivity index (χ4v) is 14.0. The van der Waals surface area contributed by atoms with E-state index in [0.717, 1.165) is 16.5 Å². The molecule has 9 amide bonds. The molecule has 125 heavy (non-hydrogen) atoms. The number of pyridine rings is 1. The predicted octanol–water partition coefficient (Wildman–Crippen LogP) is 1.73. The highest BCUT2D eigenvalue weighted by Crippen LogP contribution is 2.25. The number of fused-ring (bicyclic) bond motifs is 1. The number of aryl methyl sites for hydroxylation is 1. The van der Waals surface area contributed by atoms with Gasteiger partial charge in [-0.15, -0.1) is 5.10 Å². The van der Waals surface area contributed by atoms with Gasteiger partial charge in [0.2, 0.25) is 35.4 Å². The highest BCUT2D eigenvalue weighted by molar-refractivity contribution is 9.10. The van der Waals surface area contributed by atoms with Crippen LogP contribution in [0.5, 0.6) is 5.75 Å². The number of carboxylic acids is 6. The largest absolute Gasteiger partial charge is 0.494 e. The summed E-state index contributed by atoms with van der Waals surface area (Å²) in [6, 6.07) is 9.86. The van der Waals surface area contributed by atoms with Gasteiger partial charge in [0.1, 0.15) is 23.9 Å². The molecule has 4 heterocycles. The first-order valence-electron chi connectivity index (χ1n) is 42.1. The van der Waals surface area contributed by atoms with Crippen LogP contribution >= 0.6 is 15.9 Å². The Morgan fingerprint density at radius 2 is 1.18 bits per heavy atom. The van der Waals surface area contributed by atoms with Crippen LogP contribution < -0.4 is 42.0 Å². The van der Waals surface area contributed by atoms with Gasteiger partial charge in [-0.25, -0.2) is 20.8 Å². The summed E-state index contributed by atoms with van der Waals surface area (Å²) in [5, 5.41) is 85.4. The minimum atomic E-state index is -1.38. The van der Waals surface area contributed by atoms with Crippen molar-refractivity contribution in [1.82, 2.24) is 86.6 Å². The second-order valence-electron chi connectivity index (χ2n) is 30.0. The molecule has 0 aliphatic carbocycles. The van der Waals surface area contributed by atoms with Crippen molar-refractivity contribution in [2.24, 2.45) is 0 Å².